The number of fused-ring (bicyclic) bond motifs is 1. The van der Waals surface area contributed by atoms with Gasteiger partial charge in [-0.25, -0.2) is 4.98 Å². The van der Waals surface area contributed by atoms with Crippen LogP contribution in [0, 0.1) is 12.3 Å². The predicted molar refractivity (Wildman–Crippen MR) is 100 cm³/mol. The van der Waals surface area contributed by atoms with Crippen LogP contribution in [0.25, 0.3) is 11.0 Å². The molecule has 5 nitrogen and oxygen atoms in total. The van der Waals surface area contributed by atoms with E-state index in [0.717, 1.165) is 50.0 Å². The Balaban J connectivity index is 1.72. The molecule has 0 atom stereocenters. The number of rotatable bonds is 4. The van der Waals surface area contributed by atoms with E-state index in [-0.39, 0.29) is 0 Å². The minimum Gasteiger partial charge on any atom is -0.357 e. The minimum atomic E-state index is 0.382. The molecule has 1 N–H and O–H groups in total. The fourth-order valence-corrected chi connectivity index (χ4v) is 3.45. The minimum absolute atomic E-state index is 0.382. The number of nitrogens with zero attached hydrogens (tertiary/aromatic N) is 4. The SMILES string of the molecule is CCNC(=NCCn1c(C)nc2ccccc21)N1CCC(C)(C)C1. The van der Waals surface area contributed by atoms with E-state index >= 15 is 0 Å². The molecule has 3 rings (SSSR count). The van der Waals surface area contributed by atoms with Gasteiger partial charge in [-0.1, -0.05) is 26.0 Å². The number of para-hydroxylation sites is 2. The number of likely N-dealkylation sites (tertiary alicyclic amines) is 1. The molecule has 1 fully saturated rings. The molecule has 1 aromatic carbocycles. The fourth-order valence-electron chi connectivity index (χ4n) is 3.45. The molecule has 0 saturated carbocycles. The molecule has 1 aliphatic rings. The summed E-state index contributed by atoms with van der Waals surface area (Å²) in [6.07, 6.45) is 1.22. The van der Waals surface area contributed by atoms with Crippen LogP contribution in [-0.2, 0) is 6.54 Å². The van der Waals surface area contributed by atoms with Crippen LogP contribution in [0.1, 0.15) is 33.0 Å². The molecule has 0 radical (unpaired) electrons. The average molecular weight is 327 g/mol. The number of aliphatic imine (C=N–C) groups is 1. The zero-order valence-electron chi connectivity index (χ0n) is 15.3. The van der Waals surface area contributed by atoms with Crippen molar-refractivity contribution in [1.29, 1.82) is 0 Å². The number of aryl methyl sites for hydroxylation is 1. The van der Waals surface area contributed by atoms with Crippen molar-refractivity contribution in [1.82, 2.24) is 19.8 Å². The molecule has 0 spiro atoms. The number of hydrogen-bond acceptors (Lipinski definition) is 2. The van der Waals surface area contributed by atoms with Crippen molar-refractivity contribution in [2.45, 2.75) is 40.7 Å². The number of hydrogen-bond donors (Lipinski definition) is 1. The van der Waals surface area contributed by atoms with Crippen LogP contribution in [0.15, 0.2) is 29.3 Å². The third kappa shape index (κ3) is 3.55. The van der Waals surface area contributed by atoms with Gasteiger partial charge in [0.25, 0.3) is 0 Å². The van der Waals surface area contributed by atoms with Gasteiger partial charge in [-0.15, -0.1) is 0 Å². The summed E-state index contributed by atoms with van der Waals surface area (Å²) in [4.78, 5) is 11.9. The second-order valence-corrected chi connectivity index (χ2v) is 7.37. The third-order valence-electron chi connectivity index (χ3n) is 4.74. The predicted octanol–water partition coefficient (Wildman–Crippen LogP) is 3.04. The smallest absolute Gasteiger partial charge is 0.193 e. The second kappa shape index (κ2) is 6.83. The fraction of sp³-hybridized carbons (Fsp3) is 0.579. The Morgan fingerprint density at radius 1 is 1.33 bits per heavy atom. The number of aromatic nitrogens is 2. The Labute approximate surface area is 144 Å². The Morgan fingerprint density at radius 3 is 2.83 bits per heavy atom. The zero-order chi connectivity index (χ0) is 17.2. The molecule has 1 aromatic heterocycles. The highest BCUT2D eigenvalue weighted by molar-refractivity contribution is 5.80. The van der Waals surface area contributed by atoms with Crippen LogP contribution < -0.4 is 5.32 Å². The normalized spacial score (nSPS) is 17.7. The lowest BCUT2D eigenvalue weighted by atomic mass is 9.93. The number of nitrogens with one attached hydrogen (secondary N) is 1. The molecule has 1 aliphatic heterocycles. The molecule has 5 heteroatoms. The maximum absolute atomic E-state index is 4.87. The molecule has 0 aliphatic carbocycles. The van der Waals surface area contributed by atoms with Crippen LogP contribution >= 0.6 is 0 Å². The maximum atomic E-state index is 4.87. The monoisotopic (exact) mass is 327 g/mol. The molecule has 1 saturated heterocycles. The van der Waals surface area contributed by atoms with Crippen molar-refractivity contribution in [3.8, 4) is 0 Å². The van der Waals surface area contributed by atoms with Gasteiger partial charge in [0, 0.05) is 26.2 Å². The lowest BCUT2D eigenvalue weighted by molar-refractivity contribution is 0.370. The van der Waals surface area contributed by atoms with Crippen LogP contribution in [0.2, 0.25) is 0 Å². The summed E-state index contributed by atoms with van der Waals surface area (Å²) in [5.41, 5.74) is 2.64. The zero-order valence-corrected chi connectivity index (χ0v) is 15.3. The van der Waals surface area contributed by atoms with Gasteiger partial charge in [-0.2, -0.15) is 0 Å². The Morgan fingerprint density at radius 2 is 2.12 bits per heavy atom. The summed E-state index contributed by atoms with van der Waals surface area (Å²) in [5.74, 6) is 2.10. The second-order valence-electron chi connectivity index (χ2n) is 7.37. The summed E-state index contributed by atoms with van der Waals surface area (Å²) in [5, 5.41) is 3.45. The summed E-state index contributed by atoms with van der Waals surface area (Å²) in [6.45, 7) is 13.6. The van der Waals surface area contributed by atoms with E-state index in [1.54, 1.807) is 0 Å². The van der Waals surface area contributed by atoms with E-state index in [2.05, 4.69) is 65.7 Å². The van der Waals surface area contributed by atoms with E-state index in [1.807, 2.05) is 6.07 Å². The Kier molecular flexibility index (Phi) is 4.78. The van der Waals surface area contributed by atoms with Gasteiger partial charge in [-0.05, 0) is 37.8 Å². The van der Waals surface area contributed by atoms with Crippen molar-refractivity contribution in [3.05, 3.63) is 30.1 Å². The van der Waals surface area contributed by atoms with Gasteiger partial charge < -0.3 is 14.8 Å². The molecule has 0 amide bonds. The topological polar surface area (TPSA) is 45.5 Å². The first-order valence-corrected chi connectivity index (χ1v) is 8.95. The molecule has 130 valence electrons. The highest BCUT2D eigenvalue weighted by atomic mass is 15.3. The molecule has 2 heterocycles. The van der Waals surface area contributed by atoms with Gasteiger partial charge in [-0.3, -0.25) is 4.99 Å². The van der Waals surface area contributed by atoms with E-state index in [0.29, 0.717) is 5.41 Å². The van der Waals surface area contributed by atoms with Crippen LogP contribution in [0.4, 0.5) is 0 Å². The van der Waals surface area contributed by atoms with Crippen molar-refractivity contribution in [2.24, 2.45) is 10.4 Å². The highest BCUT2D eigenvalue weighted by Crippen LogP contribution is 2.28. The number of imidazole rings is 1. The lowest BCUT2D eigenvalue weighted by Crippen LogP contribution is -2.41. The standard InChI is InChI=1S/C19H29N5/c1-5-20-18(23-12-10-19(3,4)14-23)21-11-13-24-15(2)22-16-8-6-7-9-17(16)24/h6-9H,5,10-14H2,1-4H3,(H,20,21). The first-order chi connectivity index (χ1) is 11.5. The quantitative estimate of drug-likeness (QED) is 0.693. The summed E-state index contributed by atoms with van der Waals surface area (Å²) < 4.78 is 2.26. The summed E-state index contributed by atoms with van der Waals surface area (Å²) in [7, 11) is 0. The number of guanidine groups is 1. The van der Waals surface area contributed by atoms with Crippen molar-refractivity contribution < 1.29 is 0 Å². The Hall–Kier alpha value is -2.04. The van der Waals surface area contributed by atoms with Gasteiger partial charge >= 0.3 is 0 Å². The van der Waals surface area contributed by atoms with Crippen LogP contribution in [0.3, 0.4) is 0 Å². The third-order valence-corrected chi connectivity index (χ3v) is 4.74. The molecular formula is C19H29N5. The van der Waals surface area contributed by atoms with E-state index < -0.39 is 0 Å². The van der Waals surface area contributed by atoms with Gasteiger partial charge in [0.2, 0.25) is 0 Å². The van der Waals surface area contributed by atoms with E-state index in [9.17, 15) is 0 Å². The number of benzene rings is 1. The van der Waals surface area contributed by atoms with Crippen LogP contribution in [-0.4, -0.2) is 46.6 Å². The largest absolute Gasteiger partial charge is 0.357 e. The first-order valence-electron chi connectivity index (χ1n) is 8.95. The first kappa shape index (κ1) is 16.8. The molecule has 24 heavy (non-hydrogen) atoms. The summed E-state index contributed by atoms with van der Waals surface area (Å²) >= 11 is 0. The van der Waals surface area contributed by atoms with Gasteiger partial charge in [0.05, 0.1) is 17.6 Å². The van der Waals surface area contributed by atoms with Crippen molar-refractivity contribution in [3.63, 3.8) is 0 Å². The highest BCUT2D eigenvalue weighted by Gasteiger charge is 2.30. The maximum Gasteiger partial charge on any atom is 0.193 e. The average Bonchev–Trinajstić information content (AvgIpc) is 3.06. The Bertz CT molecular complexity index is 728. The lowest BCUT2D eigenvalue weighted by Gasteiger charge is -2.23. The molecule has 2 aromatic rings. The molecule has 0 bridgehead atoms. The van der Waals surface area contributed by atoms with E-state index in [1.165, 1.54) is 11.9 Å². The van der Waals surface area contributed by atoms with E-state index in [4.69, 9.17) is 4.99 Å². The van der Waals surface area contributed by atoms with Crippen molar-refractivity contribution in [2.75, 3.05) is 26.2 Å². The summed E-state index contributed by atoms with van der Waals surface area (Å²) in [6, 6.07) is 8.31. The van der Waals surface area contributed by atoms with Crippen molar-refractivity contribution >= 4 is 17.0 Å². The van der Waals surface area contributed by atoms with Gasteiger partial charge in [0.15, 0.2) is 5.96 Å². The van der Waals surface area contributed by atoms with Crippen LogP contribution in [0.5, 0.6) is 0 Å². The van der Waals surface area contributed by atoms with Gasteiger partial charge in [0.1, 0.15) is 5.82 Å². The molecular weight excluding hydrogens is 298 g/mol. The molecule has 0 unspecified atom stereocenters.